The van der Waals surface area contributed by atoms with E-state index in [9.17, 15) is 24.3 Å². The van der Waals surface area contributed by atoms with E-state index in [0.29, 0.717) is 24.4 Å². The van der Waals surface area contributed by atoms with Crippen LogP contribution < -0.4 is 5.32 Å². The smallest absolute Gasteiger partial charge is 0.410 e. The summed E-state index contributed by atoms with van der Waals surface area (Å²) in [7, 11) is 0. The number of thioether (sulfide) groups is 1. The fraction of sp³-hybridized carbons (Fsp3) is 0.474. The molecule has 0 radical (unpaired) electrons. The van der Waals surface area contributed by atoms with E-state index in [2.05, 4.69) is 5.32 Å². The Bertz CT molecular complexity index is 866. The highest BCUT2D eigenvalue weighted by atomic mass is 32.2. The van der Waals surface area contributed by atoms with Gasteiger partial charge in [-0.15, -0.1) is 23.1 Å². The summed E-state index contributed by atoms with van der Waals surface area (Å²) in [4.78, 5) is 52.3. The average Bonchev–Trinajstić information content (AvgIpc) is 3.23. The molecule has 30 heavy (non-hydrogen) atoms. The molecule has 11 heteroatoms. The molecule has 3 rings (SSSR count). The zero-order chi connectivity index (χ0) is 21.8. The van der Waals surface area contributed by atoms with E-state index in [-0.39, 0.29) is 24.6 Å². The maximum atomic E-state index is 12.6. The summed E-state index contributed by atoms with van der Waals surface area (Å²) in [6, 6.07) is 2.92. The molecule has 162 valence electrons. The second-order valence-electron chi connectivity index (χ2n) is 6.70. The largest absolute Gasteiger partial charge is 0.477 e. The van der Waals surface area contributed by atoms with Crippen LogP contribution in [0.4, 0.5) is 4.79 Å². The quantitative estimate of drug-likeness (QED) is 0.573. The molecule has 9 nitrogen and oxygen atoms in total. The van der Waals surface area contributed by atoms with Crippen LogP contribution in [0.25, 0.3) is 0 Å². The molecule has 2 aliphatic heterocycles. The van der Waals surface area contributed by atoms with E-state index in [1.807, 2.05) is 31.4 Å². The molecule has 2 aliphatic rings. The summed E-state index contributed by atoms with van der Waals surface area (Å²) in [5.41, 5.74) is 0.195. The topological polar surface area (TPSA) is 116 Å². The highest BCUT2D eigenvalue weighted by Gasteiger charge is 2.54. The lowest BCUT2D eigenvalue weighted by Gasteiger charge is -2.49. The molecule has 2 atom stereocenters. The fourth-order valence-electron chi connectivity index (χ4n) is 3.31. The summed E-state index contributed by atoms with van der Waals surface area (Å²) < 4.78 is 5.24. The zero-order valence-electron chi connectivity index (χ0n) is 16.6. The molecular weight excluding hydrogens is 430 g/mol. The first-order chi connectivity index (χ1) is 14.4. The van der Waals surface area contributed by atoms with Gasteiger partial charge in [0.25, 0.3) is 5.91 Å². The summed E-state index contributed by atoms with van der Waals surface area (Å²) in [5, 5.41) is 13.7. The van der Waals surface area contributed by atoms with Crippen molar-refractivity contribution in [1.29, 1.82) is 0 Å². The molecule has 0 unspecified atom stereocenters. The number of carboxylic acids is 1. The van der Waals surface area contributed by atoms with Crippen LogP contribution in [0, 0.1) is 0 Å². The second kappa shape index (κ2) is 9.52. The Balaban J connectivity index is 1.66. The van der Waals surface area contributed by atoms with Crippen molar-refractivity contribution in [3.05, 3.63) is 33.7 Å². The van der Waals surface area contributed by atoms with Crippen molar-refractivity contribution in [3.8, 4) is 0 Å². The summed E-state index contributed by atoms with van der Waals surface area (Å²) in [5.74, 6) is -1.72. The Morgan fingerprint density at radius 3 is 2.67 bits per heavy atom. The Morgan fingerprint density at radius 1 is 1.33 bits per heavy atom. The highest BCUT2D eigenvalue weighted by Crippen LogP contribution is 2.40. The first-order valence-electron chi connectivity index (χ1n) is 9.50. The number of ether oxygens (including phenoxy) is 1. The van der Waals surface area contributed by atoms with Crippen molar-refractivity contribution in [3.63, 3.8) is 0 Å². The van der Waals surface area contributed by atoms with E-state index in [1.54, 1.807) is 0 Å². The number of fused-ring (bicyclic) bond motifs is 1. The first kappa shape index (κ1) is 22.2. The minimum atomic E-state index is -1.26. The summed E-state index contributed by atoms with van der Waals surface area (Å²) >= 11 is 2.80. The number of hydrogen-bond donors (Lipinski definition) is 2. The van der Waals surface area contributed by atoms with Gasteiger partial charge in [0.15, 0.2) is 0 Å². The van der Waals surface area contributed by atoms with Crippen LogP contribution in [-0.4, -0.2) is 75.6 Å². The van der Waals surface area contributed by atoms with Crippen molar-refractivity contribution in [2.75, 3.05) is 25.4 Å². The van der Waals surface area contributed by atoms with Gasteiger partial charge in [-0.1, -0.05) is 6.07 Å². The molecule has 0 aromatic carbocycles. The molecule has 0 saturated carbocycles. The standard InChI is InChI=1S/C19H23N3O6S2/c1-3-21(4-2)19(27)28-9-11-10-30-17-14(16(24)22(17)15(11)18(25)26)20-13(23)8-12-6-5-7-29-12/h5-7,14,17H,3-4,8-10H2,1-2H3,(H,20,23)(H,25,26)/t14-,17-/m1/s1. The molecule has 1 fully saturated rings. The minimum Gasteiger partial charge on any atom is -0.477 e. The summed E-state index contributed by atoms with van der Waals surface area (Å²) in [6.07, 6.45) is -0.356. The third kappa shape index (κ3) is 4.46. The summed E-state index contributed by atoms with van der Waals surface area (Å²) in [6.45, 7) is 4.40. The number of carbonyl (C=O) groups is 4. The van der Waals surface area contributed by atoms with Gasteiger partial charge in [-0.25, -0.2) is 9.59 Å². The number of nitrogens with one attached hydrogen (secondary N) is 1. The number of hydrogen-bond acceptors (Lipinski definition) is 7. The first-order valence-corrected chi connectivity index (χ1v) is 11.4. The van der Waals surface area contributed by atoms with E-state index >= 15 is 0 Å². The zero-order valence-corrected chi connectivity index (χ0v) is 18.3. The molecule has 3 heterocycles. The number of carboxylic acid groups (broad SMARTS) is 1. The van der Waals surface area contributed by atoms with Crippen LogP contribution in [0.15, 0.2) is 28.8 Å². The predicted molar refractivity (Wildman–Crippen MR) is 112 cm³/mol. The van der Waals surface area contributed by atoms with Crippen molar-refractivity contribution < 1.29 is 29.0 Å². The maximum absolute atomic E-state index is 12.6. The number of nitrogens with zero attached hydrogens (tertiary/aromatic N) is 2. The van der Waals surface area contributed by atoms with Crippen LogP contribution in [-0.2, 0) is 25.5 Å². The Morgan fingerprint density at radius 2 is 2.07 bits per heavy atom. The lowest BCUT2D eigenvalue weighted by Crippen LogP contribution is -2.70. The third-order valence-electron chi connectivity index (χ3n) is 4.87. The minimum absolute atomic E-state index is 0.167. The Labute approximate surface area is 182 Å². The van der Waals surface area contributed by atoms with Crippen LogP contribution in [0.1, 0.15) is 18.7 Å². The number of thiophene rings is 1. The number of rotatable bonds is 8. The number of amides is 3. The second-order valence-corrected chi connectivity index (χ2v) is 8.83. The van der Waals surface area contributed by atoms with E-state index in [1.165, 1.54) is 32.9 Å². The number of aliphatic carboxylic acids is 1. The normalized spacial score (nSPS) is 20.3. The Kier molecular flexibility index (Phi) is 7.03. The maximum Gasteiger partial charge on any atom is 0.410 e. The van der Waals surface area contributed by atoms with Gasteiger partial charge in [0, 0.05) is 29.3 Å². The van der Waals surface area contributed by atoms with E-state index in [4.69, 9.17) is 4.74 Å². The van der Waals surface area contributed by atoms with Gasteiger partial charge < -0.3 is 20.1 Å². The lowest BCUT2D eigenvalue weighted by atomic mass is 10.0. The molecule has 1 aromatic heterocycles. The average molecular weight is 454 g/mol. The predicted octanol–water partition coefficient (Wildman–Crippen LogP) is 1.51. The third-order valence-corrected chi connectivity index (χ3v) is 7.09. The SMILES string of the molecule is CCN(CC)C(=O)OCC1=C(C(=O)O)N2C(=O)[C@@H](NC(=O)Cc3cccs3)[C@H]2SC1. The van der Waals surface area contributed by atoms with Crippen LogP contribution in [0.3, 0.4) is 0 Å². The van der Waals surface area contributed by atoms with E-state index in [0.717, 1.165) is 4.88 Å². The van der Waals surface area contributed by atoms with Crippen LogP contribution in [0.5, 0.6) is 0 Å². The molecule has 2 N–H and O–H groups in total. The molecule has 0 bridgehead atoms. The van der Waals surface area contributed by atoms with Crippen molar-refractivity contribution in [2.45, 2.75) is 31.7 Å². The van der Waals surface area contributed by atoms with Gasteiger partial charge in [-0.2, -0.15) is 0 Å². The van der Waals surface area contributed by atoms with Crippen molar-refractivity contribution >= 4 is 47.0 Å². The molecular formula is C19H23N3O6S2. The number of β-lactam (4-membered cyclic amide) rings is 1. The van der Waals surface area contributed by atoms with Gasteiger partial charge in [-0.3, -0.25) is 14.5 Å². The van der Waals surface area contributed by atoms with Crippen LogP contribution in [0.2, 0.25) is 0 Å². The van der Waals surface area contributed by atoms with Crippen LogP contribution >= 0.6 is 23.1 Å². The van der Waals surface area contributed by atoms with Gasteiger partial charge in [0.2, 0.25) is 5.91 Å². The van der Waals surface area contributed by atoms with Gasteiger partial charge in [0.05, 0.1) is 6.42 Å². The highest BCUT2D eigenvalue weighted by molar-refractivity contribution is 8.00. The van der Waals surface area contributed by atoms with Crippen molar-refractivity contribution in [2.24, 2.45) is 0 Å². The fourth-order valence-corrected chi connectivity index (χ4v) is 5.34. The molecule has 1 saturated heterocycles. The van der Waals surface area contributed by atoms with Gasteiger partial charge >= 0.3 is 12.1 Å². The lowest BCUT2D eigenvalue weighted by molar-refractivity contribution is -0.150. The van der Waals surface area contributed by atoms with Gasteiger partial charge in [0.1, 0.15) is 23.7 Å². The molecule has 3 amide bonds. The molecule has 0 aliphatic carbocycles. The monoisotopic (exact) mass is 453 g/mol. The van der Waals surface area contributed by atoms with Gasteiger partial charge in [-0.05, 0) is 25.3 Å². The molecule has 1 aromatic rings. The molecule has 0 spiro atoms. The number of carbonyl (C=O) groups excluding carboxylic acids is 3. The Hall–Kier alpha value is -2.53. The van der Waals surface area contributed by atoms with E-state index < -0.39 is 29.4 Å². The van der Waals surface area contributed by atoms with Crippen molar-refractivity contribution in [1.82, 2.24) is 15.1 Å².